The second-order valence-corrected chi connectivity index (χ2v) is 22.3. The maximum absolute atomic E-state index is 12.3. The topological polar surface area (TPSA) is 266 Å². The number of carboxylic acid groups (broad SMARTS) is 2. The predicted octanol–water partition coefficient (Wildman–Crippen LogP) is 7.20. The number of carbonyl (C=O) groups is 4. The number of hydrogen-bond donors (Lipinski definition) is 0. The number of likely N-dealkylation sites (N-methyl/N-ethyl adjacent to an activating group) is 4. The van der Waals surface area contributed by atoms with E-state index in [9.17, 15) is 113 Å². The third-order valence-electron chi connectivity index (χ3n) is 13.1. The summed E-state index contributed by atoms with van der Waals surface area (Å²) in [5.41, 5.74) is 11.6. The Morgan fingerprint density at radius 1 is 0.340 bits per heavy atom. The first kappa shape index (κ1) is 99.7. The van der Waals surface area contributed by atoms with Crippen LogP contribution in [0.15, 0.2) is 133 Å². The molecule has 0 saturated heterocycles. The Labute approximate surface area is 624 Å². The summed E-state index contributed by atoms with van der Waals surface area (Å²) in [7, 11) is 8.11. The Bertz CT molecular complexity index is 3240. The Balaban J connectivity index is -0.000000578. The number of carboxylic acids is 2. The van der Waals surface area contributed by atoms with Crippen LogP contribution in [0, 0.1) is 55.4 Å². The molecule has 0 radical (unpaired) electrons. The number of ketones is 2. The number of hydrogen-bond acceptors (Lipinski definition) is 16. The van der Waals surface area contributed by atoms with Crippen molar-refractivity contribution in [2.24, 2.45) is 0 Å². The van der Waals surface area contributed by atoms with E-state index in [1.54, 1.807) is 36.4 Å². The molecule has 0 heterocycles. The summed E-state index contributed by atoms with van der Waals surface area (Å²) in [5.74, 6) is -13.0. The predicted molar refractivity (Wildman–Crippen MR) is 319 cm³/mol. The van der Waals surface area contributed by atoms with Crippen LogP contribution in [-0.4, -0.2) is 122 Å². The number of rotatable bonds is 18. The Kier molecular flexibility index (Phi) is 46.0. The van der Waals surface area contributed by atoms with Gasteiger partial charge in [0.15, 0.2) is 0 Å². The Hall–Kier alpha value is -6.63. The molecule has 0 bridgehead atoms. The van der Waals surface area contributed by atoms with Crippen molar-refractivity contribution < 1.29 is 191 Å². The van der Waals surface area contributed by atoms with E-state index in [0.29, 0.717) is 26.2 Å². The van der Waals surface area contributed by atoms with Gasteiger partial charge in [0.05, 0.1) is 11.9 Å². The van der Waals surface area contributed by atoms with Crippen LogP contribution >= 0.6 is 0 Å². The van der Waals surface area contributed by atoms with Crippen LogP contribution in [0.25, 0.3) is 0 Å². The number of benzene rings is 6. The van der Waals surface area contributed by atoms with Crippen LogP contribution in [0.3, 0.4) is 0 Å². The molecule has 0 N–H and O–H groups in total. The van der Waals surface area contributed by atoms with Gasteiger partial charge in [-0.2, -0.15) is 52.7 Å². The van der Waals surface area contributed by atoms with Gasteiger partial charge in [-0.1, -0.05) is 154 Å². The molecule has 32 heteroatoms. The van der Waals surface area contributed by atoms with Crippen LogP contribution < -0.4 is 40.9 Å². The van der Waals surface area contributed by atoms with E-state index in [0.717, 1.165) is 92.9 Å². The van der Waals surface area contributed by atoms with Crippen LogP contribution in [0.4, 0.5) is 52.7 Å². The monoisotopic (exact) mass is 1620 g/mol. The van der Waals surface area contributed by atoms with Crippen molar-refractivity contribution in [3.05, 3.63) is 211 Å². The molecule has 0 amide bonds. The third kappa shape index (κ3) is 38.4. The first-order valence-electron chi connectivity index (χ1n) is 28.5. The molecular formula is C68H72F12N4O12Zn4. The molecule has 0 aliphatic rings. The zero-order chi connectivity index (χ0) is 74.0. The average molecular weight is 1630 g/mol. The molecule has 6 aromatic rings. The second kappa shape index (κ2) is 46.1. The molecule has 0 aliphatic heterocycles. The van der Waals surface area contributed by atoms with E-state index in [4.69, 9.17) is 0 Å². The summed E-state index contributed by atoms with van der Waals surface area (Å²) < 4.78 is 136. The third-order valence-corrected chi connectivity index (χ3v) is 13.1. The quantitative estimate of drug-likeness (QED) is 0.0356. The second-order valence-electron chi connectivity index (χ2n) is 22.3. The van der Waals surface area contributed by atoms with Crippen molar-refractivity contribution >= 4 is 23.5 Å². The van der Waals surface area contributed by atoms with Crippen molar-refractivity contribution in [3.8, 4) is 23.0 Å². The van der Waals surface area contributed by atoms with E-state index >= 15 is 0 Å². The summed E-state index contributed by atoms with van der Waals surface area (Å²) >= 11 is 0. The normalized spacial score (nSPS) is 11.4. The van der Waals surface area contributed by atoms with Gasteiger partial charge in [-0.15, -0.1) is 23.0 Å². The van der Waals surface area contributed by atoms with Crippen molar-refractivity contribution in [2.75, 3.05) is 54.4 Å². The number of aryl methyl sites for hydroxylation is 8. The van der Waals surface area contributed by atoms with Crippen LogP contribution in [0.5, 0.6) is 23.0 Å². The van der Waals surface area contributed by atoms with Gasteiger partial charge in [-0.3, -0.25) is 9.59 Å². The molecule has 6 aromatic carbocycles. The van der Waals surface area contributed by atoms with Gasteiger partial charge in [-0.05, 0) is 141 Å². The Morgan fingerprint density at radius 3 is 0.680 bits per heavy atom. The van der Waals surface area contributed by atoms with Crippen molar-refractivity contribution in [1.82, 2.24) is 19.6 Å². The largest absolute Gasteiger partial charge is 2.00 e. The number of aromatic carboxylic acids is 2. The van der Waals surface area contributed by atoms with Crippen molar-refractivity contribution in [1.29, 1.82) is 0 Å². The number of alkyl halides is 12. The maximum Gasteiger partial charge on any atom is 2.00 e. The first-order chi connectivity index (χ1) is 44.0. The minimum Gasteiger partial charge on any atom is -0.872 e. The summed E-state index contributed by atoms with van der Waals surface area (Å²) in [6.07, 6.45) is -23.9. The van der Waals surface area contributed by atoms with Gasteiger partial charge in [0.1, 0.15) is 0 Å². The number of halogens is 12. The minimum absolute atomic E-state index is 0. The minimum atomic E-state index is -5.46. The fourth-order valence-electron chi connectivity index (χ4n) is 8.52. The van der Waals surface area contributed by atoms with Crippen molar-refractivity contribution in [3.63, 3.8) is 0 Å². The molecule has 528 valence electrons. The molecule has 100 heavy (non-hydrogen) atoms. The van der Waals surface area contributed by atoms with Gasteiger partial charge in [-0.25, -0.2) is 0 Å². The van der Waals surface area contributed by atoms with Gasteiger partial charge >= 0.3 is 103 Å². The van der Waals surface area contributed by atoms with Crippen LogP contribution in [-0.2, 0) is 114 Å². The molecular weight excluding hydrogens is 1550 g/mol. The van der Waals surface area contributed by atoms with E-state index in [-0.39, 0.29) is 112 Å². The summed E-state index contributed by atoms with van der Waals surface area (Å²) in [5, 5.41) is 88.9. The average Bonchev–Trinajstić information content (AvgIpc) is 0.850. The van der Waals surface area contributed by atoms with Gasteiger partial charge in [0.25, 0.3) is 11.6 Å². The maximum atomic E-state index is 12.3. The van der Waals surface area contributed by atoms with Crippen LogP contribution in [0.1, 0.15) is 87.5 Å². The van der Waals surface area contributed by atoms with E-state index < -0.39 is 71.9 Å². The molecule has 0 atom stereocenters. The molecule has 0 spiro atoms. The van der Waals surface area contributed by atoms with E-state index in [1.165, 1.54) is 24.3 Å². The smallest absolute Gasteiger partial charge is 0.872 e. The number of carbonyl (C=O) groups excluding carboxylic acids is 4. The van der Waals surface area contributed by atoms with Gasteiger partial charge in [0, 0.05) is 52.4 Å². The molecule has 0 aliphatic carbocycles. The molecule has 0 saturated carbocycles. The Morgan fingerprint density at radius 2 is 0.530 bits per heavy atom. The molecule has 0 aromatic heterocycles. The SMILES string of the molecule is Cc1cc(C)c([O-])c(CN(C)CCN(C)Cc2cc(C)cc(C)c2[O-])c1.Cc1cc(C)c([O-])c(CN(C)CCN(C)Cc2cc(C)cc(C)c2[O-])c1.O=C(/C=C(\[O-])C(F)(F)F)C(F)(F)F.O=C(/C=C(\[O-])C(F)(F)F)C(F)(F)F.O=C([O-])c1ccccc1.O=C([O-])c1ccccc1.[Zn+2].[Zn+2].[Zn+2].[Zn+2]. The fraction of sp³-hybridized carbons (Fsp3) is 0.353. The van der Waals surface area contributed by atoms with Crippen molar-refractivity contribution in [2.45, 2.75) is 106 Å². The number of allylic oxidation sites excluding steroid dienone is 4. The molecule has 0 fully saturated rings. The fourth-order valence-corrected chi connectivity index (χ4v) is 8.52. The molecule has 16 nitrogen and oxygen atoms in total. The zero-order valence-electron chi connectivity index (χ0n) is 57.3. The summed E-state index contributed by atoms with van der Waals surface area (Å²) in [6, 6.07) is 31.8. The molecule has 0 unspecified atom stereocenters. The van der Waals surface area contributed by atoms with Gasteiger partial charge in [0.2, 0.25) is 0 Å². The first-order valence-corrected chi connectivity index (χ1v) is 28.5. The standard InChI is InChI=1S/2C22H32N2O2.2C7H6O2.2C5H2F6O2.4Zn/c2*1-15-9-17(3)21(25)19(11-15)13-23(5)7-8-24(6)14-20-12-16(2)10-18(4)22(20)26;2*8-7(9)6-4-2-1-3-5-6;2*6-4(7,8)2(12)1-3(13)5(9,10)11;;;;/h2*9-12,25-26H,7-8,13-14H2,1-6H3;2*1-5H,(H,8,9);2*1,12H;;;;/q;;;;;;4*+2/p-8/b;;;;2*2-1-;;;;. The van der Waals surface area contributed by atoms with Crippen LogP contribution in [0.2, 0.25) is 0 Å². The van der Waals surface area contributed by atoms with Gasteiger partial charge < -0.3 is 70.0 Å². The van der Waals surface area contributed by atoms with E-state index in [1.807, 2.05) is 132 Å². The number of nitrogens with zero attached hydrogens (tertiary/aromatic N) is 4. The van der Waals surface area contributed by atoms with E-state index in [2.05, 4.69) is 19.6 Å². The molecule has 6 rings (SSSR count). The summed E-state index contributed by atoms with van der Waals surface area (Å²) in [4.78, 5) is 48.5. The summed E-state index contributed by atoms with van der Waals surface area (Å²) in [6.45, 7) is 21.5. The zero-order valence-corrected chi connectivity index (χ0v) is 69.1.